The standard InChI is InChI=1S/C14H12Cl3NO/c15-11-8-13(17)14(9-12(11)16)19-7-6-18-10-4-2-1-3-5-10/h1-5,8-9,18H,6-7H2. The van der Waals surface area contributed by atoms with Gasteiger partial charge < -0.3 is 10.1 Å². The first-order chi connectivity index (χ1) is 9.16. The molecular weight excluding hydrogens is 305 g/mol. The minimum absolute atomic E-state index is 0.418. The summed E-state index contributed by atoms with van der Waals surface area (Å²) in [7, 11) is 0. The van der Waals surface area contributed by atoms with E-state index in [9.17, 15) is 0 Å². The second-order valence-electron chi connectivity index (χ2n) is 3.84. The van der Waals surface area contributed by atoms with Gasteiger partial charge >= 0.3 is 0 Å². The van der Waals surface area contributed by atoms with Gasteiger partial charge in [0.15, 0.2) is 0 Å². The van der Waals surface area contributed by atoms with Crippen molar-refractivity contribution in [3.05, 3.63) is 57.5 Å². The SMILES string of the molecule is Clc1cc(Cl)c(OCCNc2ccccc2)cc1Cl. The van der Waals surface area contributed by atoms with Gasteiger partial charge in [-0.3, -0.25) is 0 Å². The van der Waals surface area contributed by atoms with Gasteiger partial charge in [-0.15, -0.1) is 0 Å². The first-order valence-electron chi connectivity index (χ1n) is 5.73. The van der Waals surface area contributed by atoms with Crippen molar-refractivity contribution >= 4 is 40.5 Å². The average molecular weight is 317 g/mol. The molecule has 0 radical (unpaired) electrons. The van der Waals surface area contributed by atoms with Gasteiger partial charge in [0.05, 0.1) is 15.1 Å². The Hall–Kier alpha value is -1.09. The van der Waals surface area contributed by atoms with Gasteiger partial charge in [-0.05, 0) is 18.2 Å². The number of ether oxygens (including phenoxy) is 1. The van der Waals surface area contributed by atoms with E-state index in [-0.39, 0.29) is 0 Å². The Kier molecular flexibility index (Phi) is 5.20. The van der Waals surface area contributed by atoms with Crippen LogP contribution in [0.2, 0.25) is 15.1 Å². The van der Waals surface area contributed by atoms with Gasteiger partial charge in [-0.25, -0.2) is 0 Å². The lowest BCUT2D eigenvalue weighted by molar-refractivity contribution is 0.333. The highest BCUT2D eigenvalue weighted by atomic mass is 35.5. The average Bonchev–Trinajstić information content (AvgIpc) is 2.41. The van der Waals surface area contributed by atoms with E-state index < -0.39 is 0 Å². The number of halogens is 3. The zero-order valence-electron chi connectivity index (χ0n) is 10.00. The van der Waals surface area contributed by atoms with Crippen LogP contribution in [0.15, 0.2) is 42.5 Å². The molecule has 0 saturated heterocycles. The fourth-order valence-electron chi connectivity index (χ4n) is 1.53. The monoisotopic (exact) mass is 315 g/mol. The minimum Gasteiger partial charge on any atom is -0.490 e. The summed E-state index contributed by atoms with van der Waals surface area (Å²) < 4.78 is 5.56. The fourth-order valence-corrected chi connectivity index (χ4v) is 2.12. The summed E-state index contributed by atoms with van der Waals surface area (Å²) in [4.78, 5) is 0. The summed E-state index contributed by atoms with van der Waals surface area (Å²) in [6, 6.07) is 13.1. The van der Waals surface area contributed by atoms with Crippen LogP contribution in [0, 0.1) is 0 Å². The number of hydrogen-bond acceptors (Lipinski definition) is 2. The van der Waals surface area contributed by atoms with E-state index in [1.807, 2.05) is 30.3 Å². The second-order valence-corrected chi connectivity index (χ2v) is 5.06. The van der Waals surface area contributed by atoms with E-state index in [0.29, 0.717) is 34.0 Å². The Morgan fingerprint density at radius 3 is 2.32 bits per heavy atom. The molecule has 0 atom stereocenters. The van der Waals surface area contributed by atoms with Crippen molar-refractivity contribution in [2.24, 2.45) is 0 Å². The molecule has 0 fully saturated rings. The fraction of sp³-hybridized carbons (Fsp3) is 0.143. The van der Waals surface area contributed by atoms with Gasteiger partial charge in [0.1, 0.15) is 12.4 Å². The van der Waals surface area contributed by atoms with Crippen LogP contribution in [0.5, 0.6) is 5.75 Å². The number of nitrogens with one attached hydrogen (secondary N) is 1. The molecule has 0 aliphatic carbocycles. The van der Waals surface area contributed by atoms with Crippen LogP contribution in [0.25, 0.3) is 0 Å². The Bertz CT molecular complexity index is 546. The Morgan fingerprint density at radius 2 is 1.58 bits per heavy atom. The van der Waals surface area contributed by atoms with Crippen LogP contribution in [-0.4, -0.2) is 13.2 Å². The molecule has 2 aromatic carbocycles. The molecule has 0 heterocycles. The van der Waals surface area contributed by atoms with Gasteiger partial charge in [0, 0.05) is 18.3 Å². The molecule has 0 aliphatic heterocycles. The summed E-state index contributed by atoms with van der Waals surface area (Å²) in [6.07, 6.45) is 0. The third kappa shape index (κ3) is 4.20. The van der Waals surface area contributed by atoms with Crippen molar-refractivity contribution in [3.8, 4) is 5.75 Å². The van der Waals surface area contributed by atoms with Crippen LogP contribution in [0.4, 0.5) is 5.69 Å². The lowest BCUT2D eigenvalue weighted by atomic mass is 10.3. The van der Waals surface area contributed by atoms with E-state index >= 15 is 0 Å². The zero-order valence-corrected chi connectivity index (χ0v) is 12.3. The predicted octanol–water partition coefficient (Wildman–Crippen LogP) is 5.14. The number of rotatable bonds is 5. The van der Waals surface area contributed by atoms with Crippen LogP contribution >= 0.6 is 34.8 Å². The van der Waals surface area contributed by atoms with Crippen LogP contribution in [-0.2, 0) is 0 Å². The molecule has 2 rings (SSSR count). The van der Waals surface area contributed by atoms with Crippen molar-refractivity contribution in [2.45, 2.75) is 0 Å². The molecule has 0 unspecified atom stereocenters. The maximum atomic E-state index is 6.01. The number of anilines is 1. The Labute approximate surface area is 127 Å². The molecule has 0 aromatic heterocycles. The van der Waals surface area contributed by atoms with E-state index in [1.165, 1.54) is 0 Å². The van der Waals surface area contributed by atoms with Crippen molar-refractivity contribution in [1.82, 2.24) is 0 Å². The minimum atomic E-state index is 0.418. The largest absolute Gasteiger partial charge is 0.490 e. The third-order valence-corrected chi connectivity index (χ3v) is 3.45. The molecule has 0 saturated carbocycles. The third-order valence-electron chi connectivity index (χ3n) is 2.44. The number of para-hydroxylation sites is 1. The molecule has 0 bridgehead atoms. The maximum absolute atomic E-state index is 6.01. The normalized spacial score (nSPS) is 10.3. The van der Waals surface area contributed by atoms with Crippen LogP contribution < -0.4 is 10.1 Å². The Morgan fingerprint density at radius 1 is 0.895 bits per heavy atom. The summed E-state index contributed by atoms with van der Waals surface area (Å²) in [6.45, 7) is 1.15. The highest BCUT2D eigenvalue weighted by Crippen LogP contribution is 2.33. The van der Waals surface area contributed by atoms with Gasteiger partial charge in [-0.1, -0.05) is 53.0 Å². The lowest BCUT2D eigenvalue weighted by Gasteiger charge is -2.10. The highest BCUT2D eigenvalue weighted by Gasteiger charge is 2.06. The van der Waals surface area contributed by atoms with Crippen molar-refractivity contribution < 1.29 is 4.74 Å². The van der Waals surface area contributed by atoms with E-state index in [2.05, 4.69) is 5.32 Å². The molecule has 0 spiro atoms. The molecule has 2 aromatic rings. The molecule has 0 aliphatic rings. The molecule has 100 valence electrons. The molecular formula is C14H12Cl3NO. The zero-order chi connectivity index (χ0) is 13.7. The van der Waals surface area contributed by atoms with Crippen LogP contribution in [0.3, 0.4) is 0 Å². The molecule has 2 nitrogen and oxygen atoms in total. The first kappa shape index (κ1) is 14.3. The summed E-state index contributed by atoms with van der Waals surface area (Å²) in [5, 5.41) is 4.53. The van der Waals surface area contributed by atoms with Crippen molar-refractivity contribution in [3.63, 3.8) is 0 Å². The van der Waals surface area contributed by atoms with Gasteiger partial charge in [-0.2, -0.15) is 0 Å². The quantitative estimate of drug-likeness (QED) is 0.609. The van der Waals surface area contributed by atoms with E-state index in [4.69, 9.17) is 39.5 Å². The number of benzene rings is 2. The smallest absolute Gasteiger partial charge is 0.139 e. The van der Waals surface area contributed by atoms with E-state index in [0.717, 1.165) is 5.69 Å². The summed E-state index contributed by atoms with van der Waals surface area (Å²) >= 11 is 17.8. The topological polar surface area (TPSA) is 21.3 Å². The summed E-state index contributed by atoms with van der Waals surface area (Å²) in [5.74, 6) is 0.533. The molecule has 0 amide bonds. The molecule has 5 heteroatoms. The van der Waals surface area contributed by atoms with Crippen molar-refractivity contribution in [1.29, 1.82) is 0 Å². The second kappa shape index (κ2) is 6.90. The highest BCUT2D eigenvalue weighted by molar-refractivity contribution is 6.43. The lowest BCUT2D eigenvalue weighted by Crippen LogP contribution is -2.11. The molecule has 19 heavy (non-hydrogen) atoms. The van der Waals surface area contributed by atoms with E-state index in [1.54, 1.807) is 12.1 Å². The van der Waals surface area contributed by atoms with Gasteiger partial charge in [0.25, 0.3) is 0 Å². The first-order valence-corrected chi connectivity index (χ1v) is 6.86. The molecule has 1 N–H and O–H groups in total. The van der Waals surface area contributed by atoms with Crippen LogP contribution in [0.1, 0.15) is 0 Å². The van der Waals surface area contributed by atoms with Crippen molar-refractivity contribution in [2.75, 3.05) is 18.5 Å². The maximum Gasteiger partial charge on any atom is 0.139 e. The number of hydrogen-bond donors (Lipinski definition) is 1. The Balaban J connectivity index is 1.85. The van der Waals surface area contributed by atoms with Gasteiger partial charge in [0.2, 0.25) is 0 Å². The summed E-state index contributed by atoms with van der Waals surface area (Å²) in [5.41, 5.74) is 1.05. The predicted molar refractivity (Wildman–Crippen MR) is 81.9 cm³/mol.